The second-order valence-corrected chi connectivity index (χ2v) is 7.05. The van der Waals surface area contributed by atoms with E-state index in [1.807, 2.05) is 0 Å². The van der Waals surface area contributed by atoms with Gasteiger partial charge in [0.25, 0.3) is 0 Å². The zero-order valence-corrected chi connectivity index (χ0v) is 16.7. The largest absolute Gasteiger partial charge is 0.393 e. The highest BCUT2D eigenvalue weighted by molar-refractivity contribution is 14.0. The molecular formula is C14H24IN5O3S. The van der Waals surface area contributed by atoms with E-state index in [1.165, 1.54) is 18.5 Å². The van der Waals surface area contributed by atoms with Crippen LogP contribution in [0.3, 0.4) is 0 Å². The number of nitrogens with one attached hydrogen (secondary N) is 2. The Morgan fingerprint density at radius 3 is 2.71 bits per heavy atom. The molecule has 1 saturated heterocycles. The molecule has 1 aromatic rings. The van der Waals surface area contributed by atoms with Gasteiger partial charge < -0.3 is 15.3 Å². The standard InChI is InChI=1S/C14H23N5O3S.HI/c1-15-14(19-9-4-12(20)5-10-19)17-7-8-18-23(21,22)13-3-2-6-16-11-13;/h2-3,6,11-12,18,20H,4-5,7-10H2,1H3,(H,15,17);1H. The van der Waals surface area contributed by atoms with Crippen molar-refractivity contribution in [2.75, 3.05) is 33.2 Å². The SMILES string of the molecule is CN=C(NCCNS(=O)(=O)c1cccnc1)N1CCC(O)CC1.I. The van der Waals surface area contributed by atoms with Gasteiger partial charge in [-0.2, -0.15) is 0 Å². The first-order valence-corrected chi connectivity index (χ1v) is 9.04. The summed E-state index contributed by atoms with van der Waals surface area (Å²) in [5.74, 6) is 0.720. The van der Waals surface area contributed by atoms with Gasteiger partial charge in [-0.05, 0) is 25.0 Å². The van der Waals surface area contributed by atoms with E-state index in [-0.39, 0.29) is 41.5 Å². The molecule has 136 valence electrons. The van der Waals surface area contributed by atoms with E-state index < -0.39 is 10.0 Å². The Bertz CT molecular complexity index is 619. The fraction of sp³-hybridized carbons (Fsp3) is 0.571. The number of rotatable bonds is 5. The molecule has 0 bridgehead atoms. The molecule has 1 fully saturated rings. The number of guanidine groups is 1. The van der Waals surface area contributed by atoms with Crippen molar-refractivity contribution in [1.82, 2.24) is 19.9 Å². The number of aliphatic hydroxyl groups is 1. The second kappa shape index (κ2) is 10.1. The summed E-state index contributed by atoms with van der Waals surface area (Å²) in [6.07, 6.45) is 4.03. The number of aromatic nitrogens is 1. The van der Waals surface area contributed by atoms with Crippen molar-refractivity contribution in [3.05, 3.63) is 24.5 Å². The minimum atomic E-state index is -3.54. The van der Waals surface area contributed by atoms with Crippen LogP contribution in [-0.2, 0) is 10.0 Å². The highest BCUT2D eigenvalue weighted by Gasteiger charge is 2.19. The second-order valence-electron chi connectivity index (χ2n) is 5.28. The third kappa shape index (κ3) is 6.15. The summed E-state index contributed by atoms with van der Waals surface area (Å²) in [6, 6.07) is 3.08. The fourth-order valence-electron chi connectivity index (χ4n) is 2.36. The van der Waals surface area contributed by atoms with Gasteiger partial charge in [-0.1, -0.05) is 0 Å². The molecule has 0 atom stereocenters. The summed E-state index contributed by atoms with van der Waals surface area (Å²) in [6.45, 7) is 2.14. The number of aliphatic imine (C=N–C) groups is 1. The maximum atomic E-state index is 12.0. The van der Waals surface area contributed by atoms with E-state index >= 15 is 0 Å². The molecule has 8 nitrogen and oxygen atoms in total. The van der Waals surface area contributed by atoms with E-state index in [0.717, 1.165) is 19.0 Å². The third-order valence-corrected chi connectivity index (χ3v) is 5.07. The van der Waals surface area contributed by atoms with Gasteiger partial charge in [-0.15, -0.1) is 24.0 Å². The number of sulfonamides is 1. The van der Waals surface area contributed by atoms with Crippen LogP contribution < -0.4 is 10.0 Å². The molecule has 0 amide bonds. The number of hydrogen-bond donors (Lipinski definition) is 3. The van der Waals surface area contributed by atoms with Gasteiger partial charge in [-0.25, -0.2) is 13.1 Å². The lowest BCUT2D eigenvalue weighted by Crippen LogP contribution is -2.48. The Balaban J connectivity index is 0.00000288. The first-order valence-electron chi connectivity index (χ1n) is 7.56. The van der Waals surface area contributed by atoms with E-state index in [2.05, 4.69) is 24.9 Å². The highest BCUT2D eigenvalue weighted by Crippen LogP contribution is 2.09. The predicted molar refractivity (Wildman–Crippen MR) is 103 cm³/mol. The number of halogens is 1. The van der Waals surface area contributed by atoms with Crippen LogP contribution in [0.15, 0.2) is 34.4 Å². The van der Waals surface area contributed by atoms with Crippen molar-refractivity contribution in [3.63, 3.8) is 0 Å². The monoisotopic (exact) mass is 469 g/mol. The van der Waals surface area contributed by atoms with E-state index in [1.54, 1.807) is 13.1 Å². The summed E-state index contributed by atoms with van der Waals surface area (Å²) in [7, 11) is -1.85. The van der Waals surface area contributed by atoms with Gasteiger partial charge in [-0.3, -0.25) is 9.98 Å². The average molecular weight is 469 g/mol. The first-order chi connectivity index (χ1) is 11.0. The Morgan fingerprint density at radius 1 is 1.42 bits per heavy atom. The van der Waals surface area contributed by atoms with Gasteiger partial charge in [0.1, 0.15) is 4.90 Å². The van der Waals surface area contributed by atoms with Crippen LogP contribution in [0.1, 0.15) is 12.8 Å². The van der Waals surface area contributed by atoms with Crippen molar-refractivity contribution in [3.8, 4) is 0 Å². The molecule has 0 radical (unpaired) electrons. The fourth-order valence-corrected chi connectivity index (χ4v) is 3.35. The van der Waals surface area contributed by atoms with Gasteiger partial charge >= 0.3 is 0 Å². The zero-order valence-electron chi connectivity index (χ0n) is 13.6. The van der Waals surface area contributed by atoms with Crippen molar-refractivity contribution >= 4 is 40.0 Å². The quantitative estimate of drug-likeness (QED) is 0.243. The molecule has 0 aromatic carbocycles. The van der Waals surface area contributed by atoms with Crippen LogP contribution in [0.2, 0.25) is 0 Å². The molecule has 2 rings (SSSR count). The smallest absolute Gasteiger partial charge is 0.242 e. The lowest BCUT2D eigenvalue weighted by molar-refractivity contribution is 0.108. The van der Waals surface area contributed by atoms with Gasteiger partial charge in [0, 0.05) is 45.6 Å². The molecule has 1 aliphatic heterocycles. The summed E-state index contributed by atoms with van der Waals surface area (Å²) in [5, 5.41) is 12.7. The van der Waals surface area contributed by atoms with Crippen LogP contribution in [0, 0.1) is 0 Å². The van der Waals surface area contributed by atoms with Crippen molar-refractivity contribution in [1.29, 1.82) is 0 Å². The van der Waals surface area contributed by atoms with E-state index in [4.69, 9.17) is 0 Å². The van der Waals surface area contributed by atoms with Crippen LogP contribution >= 0.6 is 24.0 Å². The van der Waals surface area contributed by atoms with Gasteiger partial charge in [0.15, 0.2) is 5.96 Å². The topological polar surface area (TPSA) is 107 Å². The molecule has 1 aromatic heterocycles. The molecule has 0 spiro atoms. The summed E-state index contributed by atoms with van der Waals surface area (Å²) in [5.41, 5.74) is 0. The molecule has 3 N–H and O–H groups in total. The average Bonchev–Trinajstić information content (AvgIpc) is 2.57. The third-order valence-electron chi connectivity index (χ3n) is 3.62. The molecule has 10 heteroatoms. The minimum Gasteiger partial charge on any atom is -0.393 e. The van der Waals surface area contributed by atoms with Crippen LogP contribution in [0.5, 0.6) is 0 Å². The number of likely N-dealkylation sites (tertiary alicyclic amines) is 1. The van der Waals surface area contributed by atoms with Gasteiger partial charge in [0.05, 0.1) is 6.10 Å². The van der Waals surface area contributed by atoms with Crippen molar-refractivity contribution in [2.45, 2.75) is 23.8 Å². The maximum Gasteiger partial charge on any atom is 0.242 e. The molecule has 0 unspecified atom stereocenters. The molecule has 1 aliphatic rings. The minimum absolute atomic E-state index is 0. The predicted octanol–water partition coefficient (Wildman–Crippen LogP) is 0.0100. The van der Waals surface area contributed by atoms with E-state index in [9.17, 15) is 13.5 Å². The Kier molecular flexibility index (Phi) is 8.87. The lowest BCUT2D eigenvalue weighted by Gasteiger charge is -2.32. The summed E-state index contributed by atoms with van der Waals surface area (Å²) < 4.78 is 26.6. The van der Waals surface area contributed by atoms with Crippen LogP contribution in [0.4, 0.5) is 0 Å². The maximum absolute atomic E-state index is 12.0. The van der Waals surface area contributed by atoms with Gasteiger partial charge in [0.2, 0.25) is 10.0 Å². The number of nitrogens with zero attached hydrogens (tertiary/aromatic N) is 3. The summed E-state index contributed by atoms with van der Waals surface area (Å²) >= 11 is 0. The number of piperidine rings is 1. The molecule has 0 aliphatic carbocycles. The normalized spacial score (nSPS) is 16.6. The number of pyridine rings is 1. The zero-order chi connectivity index (χ0) is 16.7. The summed E-state index contributed by atoms with van der Waals surface area (Å²) in [4.78, 5) is 10.2. The van der Waals surface area contributed by atoms with Crippen LogP contribution in [-0.4, -0.2) is 68.7 Å². The molecule has 0 saturated carbocycles. The Morgan fingerprint density at radius 2 is 2.12 bits per heavy atom. The highest BCUT2D eigenvalue weighted by atomic mass is 127. The van der Waals surface area contributed by atoms with Crippen molar-refractivity contribution < 1.29 is 13.5 Å². The first kappa shape index (κ1) is 21.1. The molecule has 24 heavy (non-hydrogen) atoms. The van der Waals surface area contributed by atoms with Crippen molar-refractivity contribution in [2.24, 2.45) is 4.99 Å². The van der Waals surface area contributed by atoms with Crippen LogP contribution in [0.25, 0.3) is 0 Å². The number of hydrogen-bond acceptors (Lipinski definition) is 5. The molecule has 2 heterocycles. The Hall–Kier alpha value is -0.980. The Labute approximate surface area is 159 Å². The molecular weight excluding hydrogens is 445 g/mol. The van der Waals surface area contributed by atoms with E-state index in [0.29, 0.717) is 19.4 Å². The number of aliphatic hydroxyl groups excluding tert-OH is 1. The lowest BCUT2D eigenvalue weighted by atomic mass is 10.1.